The van der Waals surface area contributed by atoms with Crippen molar-refractivity contribution < 1.29 is 36.2 Å². The predicted octanol–water partition coefficient (Wildman–Crippen LogP) is 2.30. The van der Waals surface area contributed by atoms with Crippen LogP contribution in [0.4, 0.5) is 26.2 Å². The Morgan fingerprint density at radius 2 is 1.85 bits per heavy atom. The Kier molecular flexibility index (Phi) is 6.44. The monoisotopic (exact) mass is 481 g/mol. The third-order valence-electron chi connectivity index (χ3n) is 5.20. The molecule has 0 bridgehead atoms. The van der Waals surface area contributed by atoms with Crippen LogP contribution in [-0.4, -0.2) is 65.0 Å². The number of hydrogen-bond acceptors (Lipinski definition) is 9. The number of benzene rings is 2. The molecule has 1 atom stereocenters. The predicted molar refractivity (Wildman–Crippen MR) is 113 cm³/mol. The minimum Gasteiger partial charge on any atom is -0.441 e. The SMILES string of the molecule is O=C1OC(COS(=O)(=O)c2ccc([N+](=O)[O-])cc2)CN1c1cccc(F)c1N1CCOCC1. The average Bonchev–Trinajstić information content (AvgIpc) is 3.18. The highest BCUT2D eigenvalue weighted by molar-refractivity contribution is 7.86. The Morgan fingerprint density at radius 1 is 1.15 bits per heavy atom. The van der Waals surface area contributed by atoms with Crippen LogP contribution in [0.1, 0.15) is 0 Å². The zero-order valence-electron chi connectivity index (χ0n) is 17.3. The molecule has 13 heteroatoms. The van der Waals surface area contributed by atoms with Gasteiger partial charge >= 0.3 is 6.09 Å². The van der Waals surface area contributed by atoms with Crippen LogP contribution >= 0.6 is 0 Å². The van der Waals surface area contributed by atoms with Gasteiger partial charge in [-0.15, -0.1) is 0 Å². The summed E-state index contributed by atoms with van der Waals surface area (Å²) in [6.07, 6.45) is -1.68. The van der Waals surface area contributed by atoms with E-state index in [2.05, 4.69) is 0 Å². The summed E-state index contributed by atoms with van der Waals surface area (Å²) in [6, 6.07) is 8.57. The van der Waals surface area contributed by atoms with Crippen LogP contribution in [0.15, 0.2) is 47.4 Å². The first-order valence-corrected chi connectivity index (χ1v) is 11.4. The van der Waals surface area contributed by atoms with Gasteiger partial charge in [-0.1, -0.05) is 6.07 Å². The number of amides is 1. The number of rotatable bonds is 7. The first kappa shape index (κ1) is 22.9. The van der Waals surface area contributed by atoms with Crippen molar-refractivity contribution in [3.63, 3.8) is 0 Å². The fourth-order valence-corrected chi connectivity index (χ4v) is 4.53. The van der Waals surface area contributed by atoms with E-state index < -0.39 is 39.7 Å². The number of nitro benzene ring substituents is 1. The lowest BCUT2D eigenvalue weighted by Crippen LogP contribution is -2.38. The van der Waals surface area contributed by atoms with E-state index in [4.69, 9.17) is 13.7 Å². The maximum absolute atomic E-state index is 14.7. The van der Waals surface area contributed by atoms with E-state index in [0.29, 0.717) is 32.0 Å². The van der Waals surface area contributed by atoms with Gasteiger partial charge in [0.25, 0.3) is 15.8 Å². The average molecular weight is 481 g/mol. The van der Waals surface area contributed by atoms with Gasteiger partial charge in [0.2, 0.25) is 0 Å². The number of nitrogens with zero attached hydrogens (tertiary/aromatic N) is 3. The van der Waals surface area contributed by atoms with Crippen LogP contribution in [0.3, 0.4) is 0 Å². The van der Waals surface area contributed by atoms with Gasteiger partial charge in [-0.05, 0) is 24.3 Å². The lowest BCUT2D eigenvalue weighted by molar-refractivity contribution is -0.384. The molecule has 2 heterocycles. The number of halogens is 1. The Balaban J connectivity index is 1.46. The molecule has 176 valence electrons. The van der Waals surface area contributed by atoms with E-state index in [9.17, 15) is 27.7 Å². The van der Waals surface area contributed by atoms with Crippen molar-refractivity contribution in [2.45, 2.75) is 11.0 Å². The van der Waals surface area contributed by atoms with E-state index in [1.165, 1.54) is 17.0 Å². The van der Waals surface area contributed by atoms with E-state index >= 15 is 0 Å². The summed E-state index contributed by atoms with van der Waals surface area (Å²) >= 11 is 0. The zero-order valence-corrected chi connectivity index (χ0v) is 18.1. The normalized spacial score (nSPS) is 18.9. The Morgan fingerprint density at radius 3 is 2.52 bits per heavy atom. The molecule has 0 N–H and O–H groups in total. The van der Waals surface area contributed by atoms with Gasteiger partial charge in [0.15, 0.2) is 0 Å². The molecule has 11 nitrogen and oxygen atoms in total. The highest BCUT2D eigenvalue weighted by atomic mass is 32.2. The molecule has 1 unspecified atom stereocenters. The molecule has 2 aliphatic heterocycles. The lowest BCUT2D eigenvalue weighted by Gasteiger charge is -2.32. The Labute approximate surface area is 188 Å². The van der Waals surface area contributed by atoms with Gasteiger partial charge in [-0.2, -0.15) is 8.42 Å². The van der Waals surface area contributed by atoms with E-state index in [1.54, 1.807) is 11.0 Å². The fraction of sp³-hybridized carbons (Fsp3) is 0.350. The number of cyclic esters (lactones) is 1. The van der Waals surface area contributed by atoms with Gasteiger partial charge in [0, 0.05) is 25.2 Å². The number of non-ortho nitro benzene ring substituents is 1. The summed E-state index contributed by atoms with van der Waals surface area (Å²) in [5.74, 6) is -0.498. The summed E-state index contributed by atoms with van der Waals surface area (Å²) in [7, 11) is -4.24. The van der Waals surface area contributed by atoms with Gasteiger partial charge < -0.3 is 14.4 Å². The molecule has 0 radical (unpaired) electrons. The minimum absolute atomic E-state index is 0.0462. The number of carbonyl (C=O) groups is 1. The molecule has 1 amide bonds. The van der Waals surface area contributed by atoms with Crippen molar-refractivity contribution in [3.05, 3.63) is 58.4 Å². The van der Waals surface area contributed by atoms with E-state index in [1.807, 2.05) is 0 Å². The molecule has 0 spiro atoms. The molecule has 0 aliphatic carbocycles. The number of morpholine rings is 1. The van der Waals surface area contributed by atoms with Crippen LogP contribution < -0.4 is 9.80 Å². The molecule has 2 aromatic carbocycles. The van der Waals surface area contributed by atoms with Crippen molar-refractivity contribution in [2.75, 3.05) is 49.3 Å². The van der Waals surface area contributed by atoms with Gasteiger partial charge in [0.1, 0.15) is 18.5 Å². The Bertz CT molecular complexity index is 1150. The molecule has 33 heavy (non-hydrogen) atoms. The van der Waals surface area contributed by atoms with Crippen LogP contribution in [0.25, 0.3) is 0 Å². The van der Waals surface area contributed by atoms with Crippen molar-refractivity contribution in [3.8, 4) is 0 Å². The van der Waals surface area contributed by atoms with Crippen molar-refractivity contribution >= 4 is 33.3 Å². The molecule has 0 saturated carbocycles. The van der Waals surface area contributed by atoms with Gasteiger partial charge in [0.05, 0.1) is 41.0 Å². The lowest BCUT2D eigenvalue weighted by atomic mass is 10.2. The quantitative estimate of drug-likeness (QED) is 0.332. The molecule has 2 saturated heterocycles. The van der Waals surface area contributed by atoms with E-state index in [0.717, 1.165) is 24.3 Å². The molecular weight excluding hydrogens is 461 g/mol. The summed E-state index contributed by atoms with van der Waals surface area (Å²) in [5.41, 5.74) is 0.293. The van der Waals surface area contributed by atoms with Gasteiger partial charge in [-0.3, -0.25) is 19.2 Å². The molecular formula is C20H20FN3O8S. The highest BCUT2D eigenvalue weighted by Gasteiger charge is 2.36. The summed E-state index contributed by atoms with van der Waals surface area (Å²) in [6.45, 7) is 1.25. The Hall–Kier alpha value is -3.29. The number of anilines is 2. The molecule has 2 aromatic rings. The number of carbonyl (C=O) groups excluding carboxylic acids is 1. The van der Waals surface area contributed by atoms with Crippen LogP contribution in [0, 0.1) is 15.9 Å². The highest BCUT2D eigenvalue weighted by Crippen LogP contribution is 2.35. The smallest absolute Gasteiger partial charge is 0.414 e. The van der Waals surface area contributed by atoms with Crippen LogP contribution in [0.5, 0.6) is 0 Å². The van der Waals surface area contributed by atoms with Crippen molar-refractivity contribution in [1.29, 1.82) is 0 Å². The largest absolute Gasteiger partial charge is 0.441 e. The summed E-state index contributed by atoms with van der Waals surface area (Å²) < 4.78 is 55.0. The van der Waals surface area contributed by atoms with Crippen LogP contribution in [0.2, 0.25) is 0 Å². The maximum Gasteiger partial charge on any atom is 0.414 e. The molecule has 0 aromatic heterocycles. The maximum atomic E-state index is 14.7. The van der Waals surface area contributed by atoms with Crippen molar-refractivity contribution in [2.24, 2.45) is 0 Å². The second-order valence-electron chi connectivity index (χ2n) is 7.31. The second kappa shape index (κ2) is 9.29. The number of hydrogen-bond donors (Lipinski definition) is 0. The third kappa shape index (κ3) is 4.89. The van der Waals surface area contributed by atoms with Crippen LogP contribution in [-0.2, 0) is 23.8 Å². The van der Waals surface area contributed by atoms with Crippen molar-refractivity contribution in [1.82, 2.24) is 0 Å². The zero-order chi connectivity index (χ0) is 23.6. The molecule has 2 fully saturated rings. The number of ether oxygens (including phenoxy) is 2. The first-order valence-electron chi connectivity index (χ1n) is 9.99. The minimum atomic E-state index is -4.24. The molecule has 4 rings (SSSR count). The third-order valence-corrected chi connectivity index (χ3v) is 6.50. The topological polar surface area (TPSA) is 129 Å². The number of para-hydroxylation sites is 1. The summed E-state index contributed by atoms with van der Waals surface area (Å²) in [4.78, 5) is 25.3. The van der Waals surface area contributed by atoms with E-state index in [-0.39, 0.29) is 22.8 Å². The second-order valence-corrected chi connectivity index (χ2v) is 8.93. The summed E-state index contributed by atoms with van der Waals surface area (Å²) in [5, 5.41) is 10.7. The first-order chi connectivity index (χ1) is 15.8. The molecule has 2 aliphatic rings. The standard InChI is InChI=1S/C20H20FN3O8S/c21-17-2-1-3-18(19(17)22-8-10-30-11-9-22)23-12-15(32-20(23)25)13-31-33(28,29)16-6-4-14(5-7-16)24(26)27/h1-7,15H,8-13H2. The number of nitro groups is 1. The fourth-order valence-electron chi connectivity index (χ4n) is 3.59. The van der Waals surface area contributed by atoms with Gasteiger partial charge in [-0.25, -0.2) is 9.18 Å².